The molecule has 1 saturated heterocycles. The second kappa shape index (κ2) is 6.65. The quantitative estimate of drug-likeness (QED) is 0.860. The summed E-state index contributed by atoms with van der Waals surface area (Å²) in [4.78, 5) is 12.2. The van der Waals surface area contributed by atoms with Crippen LogP contribution in [0.4, 0.5) is 11.4 Å². The lowest BCUT2D eigenvalue weighted by molar-refractivity contribution is -0.120. The van der Waals surface area contributed by atoms with Crippen molar-refractivity contribution < 1.29 is 9.00 Å². The molecule has 1 aromatic carbocycles. The molecule has 118 valence electrons. The minimum absolute atomic E-state index is 0.0715. The van der Waals surface area contributed by atoms with Gasteiger partial charge < -0.3 is 5.32 Å². The van der Waals surface area contributed by atoms with Gasteiger partial charge in [-0.1, -0.05) is 12.2 Å². The standard InChI is InChI=1S/C17H22N2O2S/c20-17(14-6-2-1-3-7-14)18-15-8-10-16(11-9-15)19-22(21)12-4-5-13-22/h1-2,8-11,14H,3-7,12-13H2,(H,18,20). The number of allylic oxidation sites excluding steroid dienone is 2. The van der Waals surface area contributed by atoms with E-state index in [4.69, 9.17) is 0 Å². The van der Waals surface area contributed by atoms with Crippen molar-refractivity contribution in [2.45, 2.75) is 32.1 Å². The summed E-state index contributed by atoms with van der Waals surface area (Å²) in [5, 5.41) is 2.96. The molecule has 3 rings (SSSR count). The summed E-state index contributed by atoms with van der Waals surface area (Å²) in [5.41, 5.74) is 1.52. The highest BCUT2D eigenvalue weighted by Gasteiger charge is 2.19. The molecule has 1 unspecified atom stereocenters. The molecule has 5 heteroatoms. The van der Waals surface area contributed by atoms with Gasteiger partial charge in [-0.05, 0) is 56.4 Å². The number of amides is 1. The van der Waals surface area contributed by atoms with Crippen LogP contribution in [0, 0.1) is 5.92 Å². The van der Waals surface area contributed by atoms with Crippen molar-refractivity contribution >= 4 is 27.0 Å². The van der Waals surface area contributed by atoms with E-state index < -0.39 is 9.73 Å². The van der Waals surface area contributed by atoms with Gasteiger partial charge in [-0.3, -0.25) is 4.79 Å². The van der Waals surface area contributed by atoms with Crippen molar-refractivity contribution in [1.29, 1.82) is 0 Å². The monoisotopic (exact) mass is 318 g/mol. The first-order chi connectivity index (χ1) is 10.6. The van der Waals surface area contributed by atoms with E-state index in [1.54, 1.807) is 0 Å². The highest BCUT2D eigenvalue weighted by molar-refractivity contribution is 7.93. The van der Waals surface area contributed by atoms with E-state index in [9.17, 15) is 9.00 Å². The van der Waals surface area contributed by atoms with Crippen LogP contribution in [0.25, 0.3) is 0 Å². The summed E-state index contributed by atoms with van der Waals surface area (Å²) in [5.74, 6) is 1.57. The molecule has 1 N–H and O–H groups in total. The fourth-order valence-corrected chi connectivity index (χ4v) is 5.13. The zero-order valence-corrected chi connectivity index (χ0v) is 13.5. The lowest BCUT2D eigenvalue weighted by Crippen LogP contribution is -2.23. The number of nitrogens with one attached hydrogen (secondary N) is 1. The largest absolute Gasteiger partial charge is 0.326 e. The predicted molar refractivity (Wildman–Crippen MR) is 90.8 cm³/mol. The summed E-state index contributed by atoms with van der Waals surface area (Å²) in [6.45, 7) is 0. The zero-order chi connectivity index (χ0) is 15.4. The molecule has 1 heterocycles. The Bertz CT molecular complexity index is 673. The molecule has 1 atom stereocenters. The minimum atomic E-state index is -2.03. The van der Waals surface area contributed by atoms with Gasteiger partial charge in [0.2, 0.25) is 5.91 Å². The maximum Gasteiger partial charge on any atom is 0.227 e. The molecule has 1 aliphatic carbocycles. The first kappa shape index (κ1) is 15.3. The molecule has 0 bridgehead atoms. The molecule has 22 heavy (non-hydrogen) atoms. The Morgan fingerprint density at radius 3 is 2.50 bits per heavy atom. The third-order valence-corrected chi connectivity index (χ3v) is 6.62. The van der Waals surface area contributed by atoms with E-state index >= 15 is 0 Å². The average molecular weight is 318 g/mol. The maximum atomic E-state index is 12.4. The molecule has 1 amide bonds. The van der Waals surface area contributed by atoms with Gasteiger partial charge in [0.1, 0.15) is 0 Å². The van der Waals surface area contributed by atoms with Crippen molar-refractivity contribution in [3.8, 4) is 0 Å². The second-order valence-corrected chi connectivity index (χ2v) is 8.54. The van der Waals surface area contributed by atoms with Gasteiger partial charge >= 0.3 is 0 Å². The molecule has 0 radical (unpaired) electrons. The van der Waals surface area contributed by atoms with E-state index in [1.165, 1.54) is 0 Å². The van der Waals surface area contributed by atoms with Crippen LogP contribution in [0.5, 0.6) is 0 Å². The van der Waals surface area contributed by atoms with Crippen LogP contribution >= 0.6 is 0 Å². The molecular formula is C17H22N2O2S. The maximum absolute atomic E-state index is 12.4. The topological polar surface area (TPSA) is 58.5 Å². The van der Waals surface area contributed by atoms with Crippen molar-refractivity contribution in [2.24, 2.45) is 10.3 Å². The Morgan fingerprint density at radius 1 is 1.14 bits per heavy atom. The SMILES string of the molecule is O=C(Nc1ccc(N=S2(=O)CCCC2)cc1)C1CC=CCC1. The summed E-state index contributed by atoms with van der Waals surface area (Å²) >= 11 is 0. The summed E-state index contributed by atoms with van der Waals surface area (Å²) < 4.78 is 16.8. The predicted octanol–water partition coefficient (Wildman–Crippen LogP) is 3.87. The molecule has 1 fully saturated rings. The van der Waals surface area contributed by atoms with E-state index in [-0.39, 0.29) is 11.8 Å². The molecule has 4 nitrogen and oxygen atoms in total. The summed E-state index contributed by atoms with van der Waals surface area (Å²) in [6, 6.07) is 7.35. The Kier molecular flexibility index (Phi) is 4.62. The average Bonchev–Trinajstić information content (AvgIpc) is 2.96. The van der Waals surface area contributed by atoms with Crippen LogP contribution in [0.2, 0.25) is 0 Å². The van der Waals surface area contributed by atoms with Gasteiger partial charge in [-0.15, -0.1) is 0 Å². The number of rotatable bonds is 3. The Labute approximate surface area is 132 Å². The fraction of sp³-hybridized carbons (Fsp3) is 0.471. The third-order valence-electron chi connectivity index (χ3n) is 4.22. The van der Waals surface area contributed by atoms with Crippen molar-refractivity contribution in [3.63, 3.8) is 0 Å². The number of carbonyl (C=O) groups excluding carboxylic acids is 1. The van der Waals surface area contributed by atoms with Gasteiger partial charge in [-0.2, -0.15) is 4.36 Å². The Hall–Kier alpha value is -1.62. The molecule has 2 aliphatic rings. The van der Waals surface area contributed by atoms with Crippen LogP contribution in [-0.2, 0) is 14.5 Å². The van der Waals surface area contributed by atoms with Gasteiger partial charge in [0, 0.05) is 23.1 Å². The lowest BCUT2D eigenvalue weighted by atomic mass is 9.93. The van der Waals surface area contributed by atoms with Gasteiger partial charge in [0.05, 0.1) is 15.4 Å². The highest BCUT2D eigenvalue weighted by atomic mass is 32.2. The number of anilines is 1. The molecule has 1 aliphatic heterocycles. The summed E-state index contributed by atoms with van der Waals surface area (Å²) in [6.07, 6.45) is 8.93. The number of nitrogens with zero attached hydrogens (tertiary/aromatic N) is 1. The van der Waals surface area contributed by atoms with E-state index in [0.29, 0.717) is 11.5 Å². The fourth-order valence-electron chi connectivity index (χ4n) is 2.92. The number of hydrogen-bond donors (Lipinski definition) is 1. The Balaban J connectivity index is 1.65. The number of hydrogen-bond acceptors (Lipinski definition) is 3. The number of benzene rings is 1. The minimum Gasteiger partial charge on any atom is -0.326 e. The van der Waals surface area contributed by atoms with Crippen LogP contribution in [0.3, 0.4) is 0 Å². The van der Waals surface area contributed by atoms with E-state index in [0.717, 1.165) is 43.5 Å². The van der Waals surface area contributed by atoms with E-state index in [1.807, 2.05) is 24.3 Å². The van der Waals surface area contributed by atoms with Crippen molar-refractivity contribution in [3.05, 3.63) is 36.4 Å². The molecule has 0 spiro atoms. The molecule has 0 aromatic heterocycles. The summed E-state index contributed by atoms with van der Waals surface area (Å²) in [7, 11) is -2.03. The van der Waals surface area contributed by atoms with Crippen molar-refractivity contribution in [1.82, 2.24) is 0 Å². The first-order valence-corrected chi connectivity index (χ1v) is 9.78. The van der Waals surface area contributed by atoms with Gasteiger partial charge in [-0.25, -0.2) is 4.21 Å². The normalized spacial score (nSPS) is 23.2. The van der Waals surface area contributed by atoms with Crippen LogP contribution < -0.4 is 5.32 Å². The second-order valence-electron chi connectivity index (χ2n) is 6.00. The van der Waals surface area contributed by atoms with Crippen LogP contribution in [-0.4, -0.2) is 21.6 Å². The van der Waals surface area contributed by atoms with Gasteiger partial charge in [0.25, 0.3) is 0 Å². The smallest absolute Gasteiger partial charge is 0.227 e. The van der Waals surface area contributed by atoms with Gasteiger partial charge in [0.15, 0.2) is 0 Å². The van der Waals surface area contributed by atoms with E-state index in [2.05, 4.69) is 21.8 Å². The zero-order valence-electron chi connectivity index (χ0n) is 12.7. The Morgan fingerprint density at radius 2 is 1.86 bits per heavy atom. The highest BCUT2D eigenvalue weighted by Crippen LogP contribution is 2.24. The van der Waals surface area contributed by atoms with Crippen LogP contribution in [0.1, 0.15) is 32.1 Å². The third kappa shape index (κ3) is 3.77. The van der Waals surface area contributed by atoms with Crippen LogP contribution in [0.15, 0.2) is 40.8 Å². The lowest BCUT2D eigenvalue weighted by Gasteiger charge is -2.17. The number of carbonyl (C=O) groups is 1. The molecular weight excluding hydrogens is 296 g/mol. The molecule has 0 saturated carbocycles. The first-order valence-electron chi connectivity index (χ1n) is 7.93. The molecule has 1 aromatic rings. The van der Waals surface area contributed by atoms with Crippen molar-refractivity contribution in [2.75, 3.05) is 16.8 Å².